The highest BCUT2D eigenvalue weighted by Crippen LogP contribution is 2.23. The average Bonchev–Trinajstić information content (AvgIpc) is 3.14. The second kappa shape index (κ2) is 10.0. The van der Waals surface area contributed by atoms with Crippen LogP contribution in [0.5, 0.6) is 0 Å². The van der Waals surface area contributed by atoms with E-state index in [-0.39, 0.29) is 35.7 Å². The van der Waals surface area contributed by atoms with Crippen molar-refractivity contribution in [3.8, 4) is 0 Å². The number of unbranched alkanes of at least 4 members (excludes halogenated alkanes) is 1. The third-order valence-electron chi connectivity index (χ3n) is 5.45. The van der Waals surface area contributed by atoms with E-state index in [2.05, 4.69) is 17.6 Å². The van der Waals surface area contributed by atoms with Gasteiger partial charge in [0.15, 0.2) is 0 Å². The highest BCUT2D eigenvalue weighted by molar-refractivity contribution is 6.05. The highest BCUT2D eigenvalue weighted by atomic mass is 16.6. The number of benzene rings is 2. The fourth-order valence-electron chi connectivity index (χ4n) is 3.56. The first kappa shape index (κ1) is 22.9. The minimum absolute atomic E-state index is 0.00663. The first-order valence-electron chi connectivity index (χ1n) is 10.5. The van der Waals surface area contributed by atoms with Gasteiger partial charge in [-0.2, -0.15) is 0 Å². The van der Waals surface area contributed by atoms with Crippen LogP contribution in [0.2, 0.25) is 0 Å². The molecule has 1 atom stereocenters. The zero-order chi connectivity index (χ0) is 23.3. The second-order valence-corrected chi connectivity index (χ2v) is 7.87. The lowest BCUT2D eigenvalue weighted by molar-refractivity contribution is -0.384. The van der Waals surface area contributed by atoms with Crippen LogP contribution in [0.1, 0.15) is 42.1 Å². The van der Waals surface area contributed by atoms with Gasteiger partial charge in [0.1, 0.15) is 0 Å². The van der Waals surface area contributed by atoms with Crippen molar-refractivity contribution in [2.45, 2.75) is 33.1 Å². The van der Waals surface area contributed by atoms with E-state index >= 15 is 0 Å². The molecule has 0 aliphatic carbocycles. The summed E-state index contributed by atoms with van der Waals surface area (Å²) in [7, 11) is 0. The van der Waals surface area contributed by atoms with Gasteiger partial charge in [-0.1, -0.05) is 13.3 Å². The van der Waals surface area contributed by atoms with Crippen molar-refractivity contribution < 1.29 is 19.3 Å². The van der Waals surface area contributed by atoms with Gasteiger partial charge in [0.25, 0.3) is 11.6 Å². The zero-order valence-electron chi connectivity index (χ0n) is 18.1. The summed E-state index contributed by atoms with van der Waals surface area (Å²) in [5.41, 5.74) is 1.94. The van der Waals surface area contributed by atoms with E-state index in [4.69, 9.17) is 0 Å². The van der Waals surface area contributed by atoms with Crippen molar-refractivity contribution in [3.05, 3.63) is 63.7 Å². The Kier molecular flexibility index (Phi) is 7.19. The maximum absolute atomic E-state index is 12.5. The van der Waals surface area contributed by atoms with Crippen LogP contribution in [-0.4, -0.2) is 40.6 Å². The summed E-state index contributed by atoms with van der Waals surface area (Å²) in [6.07, 6.45) is 2.12. The Bertz CT molecular complexity index is 1040. The van der Waals surface area contributed by atoms with E-state index in [0.717, 1.165) is 12.8 Å². The number of likely N-dealkylation sites (tertiary alicyclic amines) is 1. The molecule has 3 amide bonds. The molecule has 3 rings (SSSR count). The summed E-state index contributed by atoms with van der Waals surface area (Å²) in [6.45, 7) is 4.84. The Balaban J connectivity index is 1.58. The molecule has 2 aromatic rings. The molecular formula is C23H26N4O5. The van der Waals surface area contributed by atoms with Gasteiger partial charge in [-0.25, -0.2) is 0 Å². The molecule has 1 aliphatic rings. The predicted octanol–water partition coefficient (Wildman–Crippen LogP) is 3.74. The molecule has 9 heteroatoms. The Labute approximate surface area is 185 Å². The van der Waals surface area contributed by atoms with Gasteiger partial charge in [0.2, 0.25) is 11.8 Å². The van der Waals surface area contributed by atoms with E-state index in [1.54, 1.807) is 36.1 Å². The van der Waals surface area contributed by atoms with Gasteiger partial charge >= 0.3 is 0 Å². The average molecular weight is 438 g/mol. The molecule has 2 aromatic carbocycles. The van der Waals surface area contributed by atoms with Crippen LogP contribution in [0.15, 0.2) is 42.5 Å². The smallest absolute Gasteiger partial charge is 0.269 e. The third kappa shape index (κ3) is 5.48. The first-order chi connectivity index (χ1) is 15.3. The van der Waals surface area contributed by atoms with Crippen molar-refractivity contribution in [1.29, 1.82) is 0 Å². The highest BCUT2D eigenvalue weighted by Gasteiger charge is 2.33. The van der Waals surface area contributed by atoms with E-state index in [0.29, 0.717) is 35.6 Å². The van der Waals surface area contributed by atoms with Crippen LogP contribution in [0, 0.1) is 23.0 Å². The number of non-ortho nitro benzene ring substituents is 1. The Hall–Kier alpha value is -3.75. The predicted molar refractivity (Wildman–Crippen MR) is 120 cm³/mol. The summed E-state index contributed by atoms with van der Waals surface area (Å²) in [4.78, 5) is 49.2. The van der Waals surface area contributed by atoms with Crippen molar-refractivity contribution in [3.63, 3.8) is 0 Å². The molecule has 168 valence electrons. The number of rotatable bonds is 8. The van der Waals surface area contributed by atoms with Gasteiger partial charge in [-0.3, -0.25) is 24.5 Å². The Morgan fingerprint density at radius 2 is 1.88 bits per heavy atom. The van der Waals surface area contributed by atoms with Gasteiger partial charge < -0.3 is 15.5 Å². The number of nitro benzene ring substituents is 1. The quantitative estimate of drug-likeness (QED) is 0.480. The summed E-state index contributed by atoms with van der Waals surface area (Å²) in [5, 5.41) is 16.4. The van der Waals surface area contributed by atoms with Gasteiger partial charge in [-0.15, -0.1) is 0 Å². The summed E-state index contributed by atoms with van der Waals surface area (Å²) < 4.78 is 0. The standard InChI is InChI=1S/C23H26N4O5/c1-3-4-11-26-14-17(13-21(26)28)23(30)24-18-7-5-16(6-8-18)22(29)25-20-10-9-19(27(31)32)12-15(20)2/h5-10,12,17H,3-4,11,13-14H2,1-2H3,(H,24,30)(H,25,29)/t17-/m1/s1. The van der Waals surface area contributed by atoms with Crippen molar-refractivity contribution in [1.82, 2.24) is 4.90 Å². The first-order valence-corrected chi connectivity index (χ1v) is 10.5. The second-order valence-electron chi connectivity index (χ2n) is 7.87. The minimum atomic E-state index is -0.490. The molecule has 1 saturated heterocycles. The Morgan fingerprint density at radius 1 is 1.16 bits per heavy atom. The van der Waals surface area contributed by atoms with Gasteiger partial charge in [0, 0.05) is 48.6 Å². The number of hydrogen-bond acceptors (Lipinski definition) is 5. The van der Waals surface area contributed by atoms with E-state index in [1.165, 1.54) is 18.2 Å². The molecule has 1 fully saturated rings. The summed E-state index contributed by atoms with van der Waals surface area (Å²) >= 11 is 0. The number of carbonyl (C=O) groups excluding carboxylic acids is 3. The van der Waals surface area contributed by atoms with E-state index in [9.17, 15) is 24.5 Å². The fraction of sp³-hybridized carbons (Fsp3) is 0.348. The third-order valence-corrected chi connectivity index (χ3v) is 5.45. The molecule has 0 radical (unpaired) electrons. The lowest BCUT2D eigenvalue weighted by Crippen LogP contribution is -2.29. The number of amides is 3. The summed E-state index contributed by atoms with van der Waals surface area (Å²) in [6, 6.07) is 10.6. The number of nitrogens with one attached hydrogen (secondary N) is 2. The maximum atomic E-state index is 12.5. The van der Waals surface area contributed by atoms with Gasteiger partial charge in [-0.05, 0) is 49.2 Å². The van der Waals surface area contributed by atoms with Crippen LogP contribution >= 0.6 is 0 Å². The number of nitro groups is 1. The van der Waals surface area contributed by atoms with Crippen molar-refractivity contribution in [2.75, 3.05) is 23.7 Å². The molecule has 2 N–H and O–H groups in total. The minimum Gasteiger partial charge on any atom is -0.342 e. The van der Waals surface area contributed by atoms with Crippen molar-refractivity contribution >= 4 is 34.8 Å². The topological polar surface area (TPSA) is 122 Å². The molecule has 0 unspecified atom stereocenters. The molecule has 0 aromatic heterocycles. The van der Waals surface area contributed by atoms with Crippen molar-refractivity contribution in [2.24, 2.45) is 5.92 Å². The molecule has 1 heterocycles. The molecular weight excluding hydrogens is 412 g/mol. The number of nitrogens with zero attached hydrogens (tertiary/aromatic N) is 2. The monoisotopic (exact) mass is 438 g/mol. The molecule has 32 heavy (non-hydrogen) atoms. The van der Waals surface area contributed by atoms with Crippen LogP contribution in [0.4, 0.5) is 17.1 Å². The van der Waals surface area contributed by atoms with Crippen LogP contribution < -0.4 is 10.6 Å². The van der Waals surface area contributed by atoms with Crippen LogP contribution in [-0.2, 0) is 9.59 Å². The number of aryl methyl sites for hydroxylation is 1. The summed E-state index contributed by atoms with van der Waals surface area (Å²) in [5.74, 6) is -0.955. The SMILES string of the molecule is CCCCN1C[C@H](C(=O)Nc2ccc(C(=O)Nc3ccc([N+](=O)[O-])cc3C)cc2)CC1=O. The van der Waals surface area contributed by atoms with Crippen LogP contribution in [0.3, 0.4) is 0 Å². The zero-order valence-corrected chi connectivity index (χ0v) is 18.1. The van der Waals surface area contributed by atoms with Gasteiger partial charge in [0.05, 0.1) is 10.8 Å². The molecule has 0 saturated carbocycles. The van der Waals surface area contributed by atoms with Crippen LogP contribution in [0.25, 0.3) is 0 Å². The fourth-order valence-corrected chi connectivity index (χ4v) is 3.56. The number of carbonyl (C=O) groups is 3. The number of hydrogen-bond donors (Lipinski definition) is 2. The maximum Gasteiger partial charge on any atom is 0.269 e. The molecule has 9 nitrogen and oxygen atoms in total. The lowest BCUT2D eigenvalue weighted by atomic mass is 10.1. The molecule has 1 aliphatic heterocycles. The van der Waals surface area contributed by atoms with E-state index in [1.807, 2.05) is 0 Å². The normalized spacial score (nSPS) is 15.5. The molecule has 0 bridgehead atoms. The lowest BCUT2D eigenvalue weighted by Gasteiger charge is -2.16. The number of anilines is 2. The largest absolute Gasteiger partial charge is 0.342 e. The Morgan fingerprint density at radius 3 is 2.50 bits per heavy atom. The van der Waals surface area contributed by atoms with E-state index < -0.39 is 4.92 Å². The molecule has 0 spiro atoms.